The van der Waals surface area contributed by atoms with Gasteiger partial charge in [0.1, 0.15) is 5.69 Å². The summed E-state index contributed by atoms with van der Waals surface area (Å²) in [7, 11) is 0. The molecule has 0 fully saturated rings. The van der Waals surface area contributed by atoms with Crippen molar-refractivity contribution in [2.24, 2.45) is 5.10 Å². The largest absolute Gasteiger partial charge is 0.289 e. The normalized spacial score (nSPS) is 11.4. The molecular weight excluding hydrogens is 359 g/mol. The third kappa shape index (κ3) is 4.07. The predicted octanol–water partition coefficient (Wildman–Crippen LogP) is 4.54. The molecule has 7 heteroatoms. The van der Waals surface area contributed by atoms with Gasteiger partial charge in [-0.25, -0.2) is 5.43 Å². The minimum Gasteiger partial charge on any atom is -0.272 e. The highest BCUT2D eigenvalue weighted by molar-refractivity contribution is 6.36. The van der Waals surface area contributed by atoms with Crippen LogP contribution in [-0.4, -0.2) is 21.8 Å². The zero-order chi connectivity index (χ0) is 17.8. The number of rotatable bonds is 4. The molecule has 0 aliphatic carbocycles. The number of nitrogens with one attached hydrogen (secondary N) is 2. The molecule has 0 spiro atoms. The lowest BCUT2D eigenvalue weighted by Gasteiger charge is -2.01. The number of carbonyl (C=O) groups excluding carboxylic acids is 1. The van der Waals surface area contributed by atoms with Crippen molar-refractivity contribution in [2.75, 3.05) is 0 Å². The second kappa shape index (κ2) is 7.51. The van der Waals surface area contributed by atoms with Crippen LogP contribution < -0.4 is 5.43 Å². The van der Waals surface area contributed by atoms with Crippen molar-refractivity contribution in [3.8, 4) is 11.3 Å². The minimum atomic E-state index is -0.390. The lowest BCUT2D eigenvalue weighted by Crippen LogP contribution is -2.19. The van der Waals surface area contributed by atoms with Crippen LogP contribution in [0, 0.1) is 0 Å². The summed E-state index contributed by atoms with van der Waals surface area (Å²) in [5.74, 6) is -0.390. The SMILES string of the molecule is CC(=NNC(=O)c1cc(-c2ccc(Cl)cc2Cl)n[nH]1)c1ccccc1. The Morgan fingerprint density at radius 2 is 1.88 bits per heavy atom. The van der Waals surface area contributed by atoms with E-state index in [1.54, 1.807) is 24.3 Å². The number of aromatic nitrogens is 2. The van der Waals surface area contributed by atoms with Gasteiger partial charge < -0.3 is 0 Å². The number of aromatic amines is 1. The molecule has 0 radical (unpaired) electrons. The maximum atomic E-state index is 12.2. The Morgan fingerprint density at radius 3 is 2.60 bits per heavy atom. The molecule has 25 heavy (non-hydrogen) atoms. The summed E-state index contributed by atoms with van der Waals surface area (Å²) >= 11 is 12.1. The van der Waals surface area contributed by atoms with E-state index in [0.717, 1.165) is 5.56 Å². The van der Waals surface area contributed by atoms with Crippen molar-refractivity contribution in [3.63, 3.8) is 0 Å². The Balaban J connectivity index is 1.75. The number of halogens is 2. The van der Waals surface area contributed by atoms with Gasteiger partial charge in [-0.1, -0.05) is 53.5 Å². The Kier molecular flexibility index (Phi) is 5.16. The summed E-state index contributed by atoms with van der Waals surface area (Å²) in [4.78, 5) is 12.2. The molecule has 1 amide bonds. The molecule has 1 aromatic heterocycles. The summed E-state index contributed by atoms with van der Waals surface area (Å²) < 4.78 is 0. The van der Waals surface area contributed by atoms with Crippen LogP contribution in [0.15, 0.2) is 59.7 Å². The summed E-state index contributed by atoms with van der Waals surface area (Å²) in [5.41, 5.74) is 5.66. The van der Waals surface area contributed by atoms with Gasteiger partial charge >= 0.3 is 0 Å². The molecule has 0 aliphatic rings. The fourth-order valence-electron chi connectivity index (χ4n) is 2.21. The van der Waals surface area contributed by atoms with E-state index in [2.05, 4.69) is 20.7 Å². The van der Waals surface area contributed by atoms with Gasteiger partial charge in [0.25, 0.3) is 5.91 Å². The van der Waals surface area contributed by atoms with Crippen LogP contribution in [0.25, 0.3) is 11.3 Å². The van der Waals surface area contributed by atoms with Crippen LogP contribution in [0.1, 0.15) is 23.0 Å². The first-order chi connectivity index (χ1) is 12.0. The van der Waals surface area contributed by atoms with Gasteiger partial charge in [0, 0.05) is 10.6 Å². The summed E-state index contributed by atoms with van der Waals surface area (Å²) in [6.07, 6.45) is 0. The molecule has 2 N–H and O–H groups in total. The highest BCUT2D eigenvalue weighted by atomic mass is 35.5. The van der Waals surface area contributed by atoms with Crippen LogP contribution in [0.2, 0.25) is 10.0 Å². The fourth-order valence-corrected chi connectivity index (χ4v) is 2.72. The van der Waals surface area contributed by atoms with Crippen molar-refractivity contribution in [2.45, 2.75) is 6.92 Å². The van der Waals surface area contributed by atoms with E-state index >= 15 is 0 Å². The molecule has 0 unspecified atom stereocenters. The lowest BCUT2D eigenvalue weighted by atomic mass is 10.1. The second-order valence-corrected chi connectivity index (χ2v) is 6.14. The first-order valence-electron chi connectivity index (χ1n) is 7.45. The Morgan fingerprint density at radius 1 is 1.12 bits per heavy atom. The van der Waals surface area contributed by atoms with Crippen molar-refractivity contribution >= 4 is 34.8 Å². The number of hydrazone groups is 1. The lowest BCUT2D eigenvalue weighted by molar-refractivity contribution is 0.0950. The van der Waals surface area contributed by atoms with Crippen LogP contribution >= 0.6 is 23.2 Å². The molecule has 1 heterocycles. The molecule has 0 atom stereocenters. The number of benzene rings is 2. The fraction of sp³-hybridized carbons (Fsp3) is 0.0556. The zero-order valence-electron chi connectivity index (χ0n) is 13.3. The number of hydrogen-bond acceptors (Lipinski definition) is 3. The molecule has 3 rings (SSSR count). The van der Waals surface area contributed by atoms with E-state index in [0.29, 0.717) is 27.0 Å². The van der Waals surface area contributed by atoms with Crippen molar-refractivity contribution in [1.82, 2.24) is 15.6 Å². The van der Waals surface area contributed by atoms with Crippen molar-refractivity contribution < 1.29 is 4.79 Å². The number of H-pyrrole nitrogens is 1. The number of amides is 1. The molecule has 0 bridgehead atoms. The number of nitrogens with zero attached hydrogens (tertiary/aromatic N) is 2. The minimum absolute atomic E-state index is 0.283. The number of carbonyl (C=O) groups is 1. The van der Waals surface area contributed by atoms with Crippen molar-refractivity contribution in [1.29, 1.82) is 0 Å². The van der Waals surface area contributed by atoms with Crippen LogP contribution in [0.4, 0.5) is 0 Å². The Labute approximate surface area is 154 Å². The monoisotopic (exact) mass is 372 g/mol. The van der Waals surface area contributed by atoms with Gasteiger partial charge in [0.15, 0.2) is 0 Å². The molecule has 5 nitrogen and oxygen atoms in total. The van der Waals surface area contributed by atoms with E-state index in [9.17, 15) is 4.79 Å². The van der Waals surface area contributed by atoms with E-state index in [1.807, 2.05) is 37.3 Å². The van der Waals surface area contributed by atoms with Gasteiger partial charge in [0.05, 0.1) is 16.4 Å². The standard InChI is InChI=1S/C18H14Cl2N4O/c1-11(12-5-3-2-4-6-12)21-24-18(25)17-10-16(22-23-17)14-8-7-13(19)9-15(14)20/h2-10H,1H3,(H,22,23)(H,24,25). The van der Waals surface area contributed by atoms with Gasteiger partial charge in [-0.15, -0.1) is 0 Å². The third-order valence-electron chi connectivity index (χ3n) is 3.55. The first-order valence-corrected chi connectivity index (χ1v) is 8.21. The first kappa shape index (κ1) is 17.2. The maximum absolute atomic E-state index is 12.2. The average Bonchev–Trinajstić information content (AvgIpc) is 3.10. The molecule has 0 saturated carbocycles. The zero-order valence-corrected chi connectivity index (χ0v) is 14.8. The summed E-state index contributed by atoms with van der Waals surface area (Å²) in [6.45, 7) is 1.82. The van der Waals surface area contributed by atoms with Gasteiger partial charge in [0.2, 0.25) is 0 Å². The average molecular weight is 373 g/mol. The van der Waals surface area contributed by atoms with Crippen molar-refractivity contribution in [3.05, 3.63) is 75.9 Å². The molecule has 0 saturated heterocycles. The van der Waals surface area contributed by atoms with E-state index < -0.39 is 0 Å². The van der Waals surface area contributed by atoms with E-state index in [-0.39, 0.29) is 11.6 Å². The van der Waals surface area contributed by atoms with Gasteiger partial charge in [-0.05, 0) is 36.8 Å². The highest BCUT2D eigenvalue weighted by Crippen LogP contribution is 2.29. The van der Waals surface area contributed by atoms with Crippen LogP contribution in [-0.2, 0) is 0 Å². The predicted molar refractivity (Wildman–Crippen MR) is 100 cm³/mol. The van der Waals surface area contributed by atoms with Crippen LogP contribution in [0.5, 0.6) is 0 Å². The smallest absolute Gasteiger partial charge is 0.272 e. The molecule has 3 aromatic rings. The number of hydrogen-bond donors (Lipinski definition) is 2. The summed E-state index contributed by atoms with van der Waals surface area (Å²) in [5, 5.41) is 11.9. The van der Waals surface area contributed by atoms with Gasteiger partial charge in [-0.3, -0.25) is 9.89 Å². The second-order valence-electron chi connectivity index (χ2n) is 5.30. The van der Waals surface area contributed by atoms with E-state index in [4.69, 9.17) is 23.2 Å². The molecular formula is C18H14Cl2N4O. The quantitative estimate of drug-likeness (QED) is 0.521. The molecule has 2 aromatic carbocycles. The Bertz CT molecular complexity index is 935. The Hall–Kier alpha value is -2.63. The third-order valence-corrected chi connectivity index (χ3v) is 4.09. The van der Waals surface area contributed by atoms with E-state index in [1.165, 1.54) is 0 Å². The highest BCUT2D eigenvalue weighted by Gasteiger charge is 2.13. The maximum Gasteiger partial charge on any atom is 0.289 e. The topological polar surface area (TPSA) is 70.1 Å². The summed E-state index contributed by atoms with van der Waals surface area (Å²) in [6, 6.07) is 16.3. The molecule has 126 valence electrons. The van der Waals surface area contributed by atoms with Gasteiger partial charge in [-0.2, -0.15) is 10.2 Å². The molecule has 0 aliphatic heterocycles. The van der Waals surface area contributed by atoms with Crippen LogP contribution in [0.3, 0.4) is 0 Å².